The monoisotopic (exact) mass is 456 g/mol. The molecule has 0 N–H and O–H groups in total. The van der Waals surface area contributed by atoms with Gasteiger partial charge in [-0.1, -0.05) is 0 Å². The number of aryl methyl sites for hydroxylation is 2. The summed E-state index contributed by atoms with van der Waals surface area (Å²) in [6, 6.07) is 10.9. The summed E-state index contributed by atoms with van der Waals surface area (Å²) in [4.78, 5) is 17.0. The number of sulfonamides is 1. The van der Waals surface area contributed by atoms with Gasteiger partial charge in [-0.05, 0) is 31.2 Å². The van der Waals surface area contributed by atoms with Gasteiger partial charge in [0.05, 0.1) is 34.6 Å². The average molecular weight is 457 g/mol. The average Bonchev–Trinajstić information content (AvgIpc) is 2.77. The summed E-state index contributed by atoms with van der Waals surface area (Å²) < 4.78 is 34.0. The first-order valence-corrected chi connectivity index (χ1v) is 11.7. The smallest absolute Gasteiger partial charge is 0.253 e. The SMILES string of the molecule is COc1cc(N2CCN(C)c3ccc(S(=O)(=O)N(C)C)cc32)c2cc(C)c(=O)n(C)c2c1. The van der Waals surface area contributed by atoms with E-state index in [1.807, 2.05) is 31.3 Å². The van der Waals surface area contributed by atoms with E-state index in [0.29, 0.717) is 17.9 Å². The molecule has 3 aromatic rings. The summed E-state index contributed by atoms with van der Waals surface area (Å²) >= 11 is 0. The summed E-state index contributed by atoms with van der Waals surface area (Å²) in [7, 11) is 4.80. The third-order valence-electron chi connectivity index (χ3n) is 6.09. The van der Waals surface area contributed by atoms with E-state index < -0.39 is 10.0 Å². The number of hydrogen-bond acceptors (Lipinski definition) is 6. The van der Waals surface area contributed by atoms with Crippen molar-refractivity contribution in [2.24, 2.45) is 7.05 Å². The van der Waals surface area contributed by atoms with Crippen molar-refractivity contribution in [1.82, 2.24) is 8.87 Å². The number of likely N-dealkylation sites (N-methyl/N-ethyl adjacent to an activating group) is 1. The zero-order valence-corrected chi connectivity index (χ0v) is 20.0. The fourth-order valence-corrected chi connectivity index (χ4v) is 5.09. The van der Waals surface area contributed by atoms with E-state index in [4.69, 9.17) is 4.74 Å². The largest absolute Gasteiger partial charge is 0.497 e. The van der Waals surface area contributed by atoms with E-state index >= 15 is 0 Å². The van der Waals surface area contributed by atoms with Gasteiger partial charge in [0, 0.05) is 64.4 Å². The molecule has 0 radical (unpaired) electrons. The zero-order chi connectivity index (χ0) is 23.4. The first-order chi connectivity index (χ1) is 15.1. The Morgan fingerprint density at radius 3 is 2.34 bits per heavy atom. The second-order valence-electron chi connectivity index (χ2n) is 8.28. The number of nitrogens with zero attached hydrogens (tertiary/aromatic N) is 4. The van der Waals surface area contributed by atoms with Crippen LogP contribution in [-0.4, -0.2) is 58.6 Å². The van der Waals surface area contributed by atoms with Gasteiger partial charge in [-0.15, -0.1) is 0 Å². The van der Waals surface area contributed by atoms with Gasteiger partial charge < -0.3 is 19.1 Å². The standard InChI is InChI=1S/C23H28N4O4S/c1-15-11-18-20(26(5)23(15)28)12-16(31-6)13-21(18)27-10-9-25(4)19-8-7-17(14-22(19)27)32(29,30)24(2)3/h7-8,11-14H,9-10H2,1-6H3. The molecular formula is C23H28N4O4S. The van der Waals surface area contributed by atoms with E-state index in [9.17, 15) is 13.2 Å². The minimum Gasteiger partial charge on any atom is -0.497 e. The molecule has 9 heteroatoms. The highest BCUT2D eigenvalue weighted by Gasteiger charge is 2.27. The molecule has 0 spiro atoms. The van der Waals surface area contributed by atoms with Crippen LogP contribution in [0.15, 0.2) is 46.1 Å². The van der Waals surface area contributed by atoms with Crippen molar-refractivity contribution in [2.75, 3.05) is 51.1 Å². The molecule has 1 aliphatic rings. The molecule has 0 saturated carbocycles. The Balaban J connectivity index is 2.02. The molecule has 32 heavy (non-hydrogen) atoms. The quantitative estimate of drug-likeness (QED) is 0.601. The molecule has 1 aromatic heterocycles. The molecule has 0 atom stereocenters. The number of anilines is 3. The Kier molecular flexibility index (Phi) is 5.42. The minimum absolute atomic E-state index is 0.0603. The molecule has 4 rings (SSSR count). The van der Waals surface area contributed by atoms with Crippen molar-refractivity contribution >= 4 is 38.0 Å². The molecule has 0 unspecified atom stereocenters. The maximum Gasteiger partial charge on any atom is 0.253 e. The van der Waals surface area contributed by atoms with Crippen molar-refractivity contribution in [2.45, 2.75) is 11.8 Å². The number of methoxy groups -OCH3 is 1. The Morgan fingerprint density at radius 2 is 1.69 bits per heavy atom. The van der Waals surface area contributed by atoms with E-state index in [1.54, 1.807) is 37.8 Å². The topological polar surface area (TPSA) is 75.1 Å². The highest BCUT2D eigenvalue weighted by atomic mass is 32.2. The van der Waals surface area contributed by atoms with Crippen molar-refractivity contribution in [3.63, 3.8) is 0 Å². The van der Waals surface area contributed by atoms with Crippen molar-refractivity contribution in [3.05, 3.63) is 52.3 Å². The summed E-state index contributed by atoms with van der Waals surface area (Å²) in [5.74, 6) is 0.629. The van der Waals surface area contributed by atoms with Gasteiger partial charge in [-0.3, -0.25) is 4.79 Å². The first kappa shape index (κ1) is 22.2. The van der Waals surface area contributed by atoms with E-state index in [-0.39, 0.29) is 10.5 Å². The molecule has 170 valence electrons. The molecule has 0 aliphatic carbocycles. The predicted octanol–water partition coefficient (Wildman–Crippen LogP) is 2.69. The molecule has 0 fully saturated rings. The molecule has 0 amide bonds. The van der Waals surface area contributed by atoms with Gasteiger partial charge in [-0.25, -0.2) is 12.7 Å². The van der Waals surface area contributed by atoms with Crippen LogP contribution in [0.2, 0.25) is 0 Å². The number of pyridine rings is 1. The number of benzene rings is 2. The fraction of sp³-hybridized carbons (Fsp3) is 0.348. The Bertz CT molecular complexity index is 1380. The lowest BCUT2D eigenvalue weighted by molar-refractivity contribution is 0.415. The van der Waals surface area contributed by atoms with Gasteiger partial charge in [0.2, 0.25) is 10.0 Å². The van der Waals surface area contributed by atoms with Crippen LogP contribution < -0.4 is 20.1 Å². The minimum atomic E-state index is -3.59. The van der Waals surface area contributed by atoms with Crippen molar-refractivity contribution in [1.29, 1.82) is 0 Å². The summed E-state index contributed by atoms with van der Waals surface area (Å²) in [6.45, 7) is 3.21. The second kappa shape index (κ2) is 7.83. The predicted molar refractivity (Wildman–Crippen MR) is 128 cm³/mol. The molecule has 8 nitrogen and oxygen atoms in total. The lowest BCUT2D eigenvalue weighted by atomic mass is 10.1. The van der Waals surface area contributed by atoms with Crippen LogP contribution in [0.25, 0.3) is 10.9 Å². The Hall–Kier alpha value is -3.04. The van der Waals surface area contributed by atoms with Crippen molar-refractivity contribution in [3.8, 4) is 5.75 Å². The Labute approximate surface area is 188 Å². The second-order valence-corrected chi connectivity index (χ2v) is 10.4. The molecular weight excluding hydrogens is 428 g/mol. The summed E-state index contributed by atoms with van der Waals surface area (Å²) in [5.41, 5.74) is 3.94. The zero-order valence-electron chi connectivity index (χ0n) is 19.2. The molecule has 1 aliphatic heterocycles. The summed E-state index contributed by atoms with van der Waals surface area (Å²) in [5, 5.41) is 0.904. The normalized spacial score (nSPS) is 14.2. The maximum atomic E-state index is 12.8. The number of rotatable bonds is 4. The highest BCUT2D eigenvalue weighted by molar-refractivity contribution is 7.89. The lowest BCUT2D eigenvalue weighted by Gasteiger charge is -2.38. The number of hydrogen-bond donors (Lipinski definition) is 0. The van der Waals surface area contributed by atoms with Crippen LogP contribution >= 0.6 is 0 Å². The van der Waals surface area contributed by atoms with Gasteiger partial charge in [-0.2, -0.15) is 0 Å². The number of ether oxygens (including phenoxy) is 1. The third-order valence-corrected chi connectivity index (χ3v) is 7.90. The Morgan fingerprint density at radius 1 is 0.969 bits per heavy atom. The van der Waals surface area contributed by atoms with Crippen LogP contribution in [0.3, 0.4) is 0 Å². The van der Waals surface area contributed by atoms with Gasteiger partial charge in [0.25, 0.3) is 5.56 Å². The molecule has 0 saturated heterocycles. The maximum absolute atomic E-state index is 12.8. The molecule has 2 heterocycles. The van der Waals surface area contributed by atoms with Gasteiger partial charge >= 0.3 is 0 Å². The van der Waals surface area contributed by atoms with Crippen LogP contribution in [0, 0.1) is 6.92 Å². The van der Waals surface area contributed by atoms with Crippen LogP contribution in [0.1, 0.15) is 5.56 Å². The van der Waals surface area contributed by atoms with Crippen LogP contribution in [0.5, 0.6) is 5.75 Å². The van der Waals surface area contributed by atoms with E-state index in [2.05, 4.69) is 9.80 Å². The fourth-order valence-electron chi connectivity index (χ4n) is 4.17. The number of fused-ring (bicyclic) bond motifs is 2. The van der Waals surface area contributed by atoms with Gasteiger partial charge in [0.1, 0.15) is 5.75 Å². The third kappa shape index (κ3) is 3.41. The first-order valence-electron chi connectivity index (χ1n) is 10.3. The summed E-state index contributed by atoms with van der Waals surface area (Å²) in [6.07, 6.45) is 0. The van der Waals surface area contributed by atoms with E-state index in [0.717, 1.165) is 34.5 Å². The van der Waals surface area contributed by atoms with E-state index in [1.165, 1.54) is 18.4 Å². The molecule has 0 bridgehead atoms. The van der Waals surface area contributed by atoms with Crippen molar-refractivity contribution < 1.29 is 13.2 Å². The van der Waals surface area contributed by atoms with Gasteiger partial charge in [0.15, 0.2) is 0 Å². The molecule has 2 aromatic carbocycles. The highest BCUT2D eigenvalue weighted by Crippen LogP contribution is 2.42. The number of aromatic nitrogens is 1. The van der Waals surface area contributed by atoms with Crippen LogP contribution in [0.4, 0.5) is 17.1 Å². The lowest BCUT2D eigenvalue weighted by Crippen LogP contribution is -2.37. The van der Waals surface area contributed by atoms with Crippen LogP contribution in [-0.2, 0) is 17.1 Å².